The number of hydrogen-bond donors (Lipinski definition) is 0. The molecule has 2 aromatic rings. The third-order valence-electron chi connectivity index (χ3n) is 6.93. The van der Waals surface area contributed by atoms with Gasteiger partial charge in [-0.05, 0) is 56.5 Å². The molecule has 0 bridgehead atoms. The van der Waals surface area contributed by atoms with E-state index >= 15 is 0 Å². The summed E-state index contributed by atoms with van der Waals surface area (Å²) < 4.78 is 0. The molecule has 3 heterocycles. The molecule has 3 aliphatic heterocycles. The van der Waals surface area contributed by atoms with Gasteiger partial charge in [0.1, 0.15) is 0 Å². The van der Waals surface area contributed by atoms with Crippen LogP contribution in [-0.2, 0) is 9.59 Å². The smallest absolute Gasteiger partial charge is 0.239 e. The first-order valence-corrected chi connectivity index (χ1v) is 10.3. The van der Waals surface area contributed by atoms with E-state index in [1.54, 1.807) is 12.1 Å². The van der Waals surface area contributed by atoms with Gasteiger partial charge in [0.2, 0.25) is 11.8 Å². The summed E-state index contributed by atoms with van der Waals surface area (Å²) >= 11 is 0. The van der Waals surface area contributed by atoms with Crippen LogP contribution in [0, 0.1) is 25.7 Å². The molecule has 29 heavy (non-hydrogen) atoms. The van der Waals surface area contributed by atoms with Crippen LogP contribution in [0.25, 0.3) is 0 Å². The number of fused-ring (bicyclic) bond motifs is 3. The molecule has 0 aliphatic carbocycles. The van der Waals surface area contributed by atoms with E-state index in [4.69, 9.17) is 0 Å². The number of carbonyl (C=O) groups excluding carboxylic acids is 3. The van der Waals surface area contributed by atoms with Crippen LogP contribution in [0.2, 0.25) is 0 Å². The third kappa shape index (κ3) is 2.60. The van der Waals surface area contributed by atoms with Crippen LogP contribution in [0.3, 0.4) is 0 Å². The topological polar surface area (TPSA) is 57.7 Å². The molecule has 0 aromatic heterocycles. The lowest BCUT2D eigenvalue weighted by Crippen LogP contribution is -2.46. The molecular formula is C24H24N2O3. The van der Waals surface area contributed by atoms with E-state index < -0.39 is 17.9 Å². The van der Waals surface area contributed by atoms with Crippen molar-refractivity contribution in [1.82, 2.24) is 4.90 Å². The summed E-state index contributed by atoms with van der Waals surface area (Å²) in [5.74, 6) is -1.45. The molecule has 4 atom stereocenters. The number of carbonyl (C=O) groups is 3. The number of anilines is 1. The maximum Gasteiger partial charge on any atom is 0.239 e. The van der Waals surface area contributed by atoms with Crippen molar-refractivity contribution in [2.75, 3.05) is 11.4 Å². The number of benzene rings is 2. The van der Waals surface area contributed by atoms with E-state index in [9.17, 15) is 14.4 Å². The monoisotopic (exact) mass is 388 g/mol. The van der Waals surface area contributed by atoms with Crippen LogP contribution in [0.5, 0.6) is 0 Å². The van der Waals surface area contributed by atoms with Gasteiger partial charge in [0.05, 0.1) is 23.6 Å². The number of rotatable bonds is 3. The third-order valence-corrected chi connectivity index (χ3v) is 6.93. The van der Waals surface area contributed by atoms with Gasteiger partial charge in [-0.25, -0.2) is 4.90 Å². The molecule has 0 spiro atoms. The summed E-state index contributed by atoms with van der Waals surface area (Å²) in [5.41, 5.74) is 3.38. The SMILES string of the molecule is Cc1ccc(N2C(=O)[C@@H]3[C@H](C2=O)[C@H](C(=O)c2ccccc2)N2CCC[C@H]32)cc1C. The Labute approximate surface area is 170 Å². The van der Waals surface area contributed by atoms with Crippen molar-refractivity contribution in [2.45, 2.75) is 38.8 Å². The van der Waals surface area contributed by atoms with Crippen molar-refractivity contribution in [3.63, 3.8) is 0 Å². The molecule has 3 fully saturated rings. The lowest BCUT2D eigenvalue weighted by atomic mass is 9.85. The second-order valence-corrected chi connectivity index (χ2v) is 8.45. The molecule has 3 aliphatic rings. The fourth-order valence-corrected chi connectivity index (χ4v) is 5.41. The summed E-state index contributed by atoms with van der Waals surface area (Å²) in [6, 6.07) is 14.2. The Hall–Kier alpha value is -2.79. The van der Waals surface area contributed by atoms with Crippen molar-refractivity contribution in [3.05, 3.63) is 65.2 Å². The fourth-order valence-electron chi connectivity index (χ4n) is 5.41. The van der Waals surface area contributed by atoms with Gasteiger partial charge in [-0.15, -0.1) is 0 Å². The quantitative estimate of drug-likeness (QED) is 0.599. The number of amides is 2. The van der Waals surface area contributed by atoms with Crippen LogP contribution in [0.15, 0.2) is 48.5 Å². The van der Waals surface area contributed by atoms with Gasteiger partial charge in [0.15, 0.2) is 5.78 Å². The van der Waals surface area contributed by atoms with E-state index in [-0.39, 0.29) is 23.6 Å². The zero-order valence-corrected chi connectivity index (χ0v) is 16.7. The summed E-state index contributed by atoms with van der Waals surface area (Å²) in [6.45, 7) is 4.75. The van der Waals surface area contributed by atoms with E-state index in [2.05, 4.69) is 4.90 Å². The highest BCUT2D eigenvalue weighted by atomic mass is 16.2. The maximum atomic E-state index is 13.5. The Morgan fingerprint density at radius 3 is 2.38 bits per heavy atom. The van der Waals surface area contributed by atoms with Crippen LogP contribution >= 0.6 is 0 Å². The molecule has 5 rings (SSSR count). The summed E-state index contributed by atoms with van der Waals surface area (Å²) in [5, 5.41) is 0. The summed E-state index contributed by atoms with van der Waals surface area (Å²) in [7, 11) is 0. The van der Waals surface area contributed by atoms with Crippen LogP contribution < -0.4 is 4.90 Å². The largest absolute Gasteiger partial charge is 0.292 e. The molecular weight excluding hydrogens is 364 g/mol. The molecule has 0 unspecified atom stereocenters. The van der Waals surface area contributed by atoms with Gasteiger partial charge in [-0.3, -0.25) is 19.3 Å². The van der Waals surface area contributed by atoms with Gasteiger partial charge in [0, 0.05) is 11.6 Å². The predicted octanol–water partition coefficient (Wildman–Crippen LogP) is 3.14. The molecule has 0 saturated carbocycles. The minimum absolute atomic E-state index is 0.0225. The average molecular weight is 388 g/mol. The average Bonchev–Trinajstić information content (AvgIpc) is 3.37. The number of nitrogens with zero attached hydrogens (tertiary/aromatic N) is 2. The lowest BCUT2D eigenvalue weighted by molar-refractivity contribution is -0.123. The van der Waals surface area contributed by atoms with Gasteiger partial charge in [-0.2, -0.15) is 0 Å². The zero-order chi connectivity index (χ0) is 20.3. The van der Waals surface area contributed by atoms with E-state index in [1.807, 2.05) is 50.2 Å². The first-order valence-electron chi connectivity index (χ1n) is 10.3. The maximum absolute atomic E-state index is 13.5. The fraction of sp³-hybridized carbons (Fsp3) is 0.375. The lowest BCUT2D eigenvalue weighted by Gasteiger charge is -2.27. The van der Waals surface area contributed by atoms with Crippen molar-refractivity contribution >= 4 is 23.3 Å². The predicted molar refractivity (Wildman–Crippen MR) is 110 cm³/mol. The Morgan fingerprint density at radius 2 is 1.66 bits per heavy atom. The zero-order valence-electron chi connectivity index (χ0n) is 16.7. The molecule has 5 heteroatoms. The van der Waals surface area contributed by atoms with Crippen molar-refractivity contribution < 1.29 is 14.4 Å². The Balaban J connectivity index is 1.56. The molecule has 148 valence electrons. The first-order chi connectivity index (χ1) is 14.0. The Morgan fingerprint density at radius 1 is 0.931 bits per heavy atom. The van der Waals surface area contributed by atoms with Gasteiger partial charge >= 0.3 is 0 Å². The molecule has 3 saturated heterocycles. The van der Waals surface area contributed by atoms with Crippen LogP contribution in [0.4, 0.5) is 5.69 Å². The Bertz CT molecular complexity index is 1020. The Kier molecular flexibility index (Phi) is 4.17. The van der Waals surface area contributed by atoms with Gasteiger partial charge < -0.3 is 0 Å². The van der Waals surface area contributed by atoms with Crippen LogP contribution in [0.1, 0.15) is 34.3 Å². The van der Waals surface area contributed by atoms with Crippen molar-refractivity contribution in [1.29, 1.82) is 0 Å². The van der Waals surface area contributed by atoms with E-state index in [0.717, 1.165) is 30.5 Å². The number of imide groups is 1. The number of aryl methyl sites for hydroxylation is 2. The molecule has 2 aromatic carbocycles. The summed E-state index contributed by atoms with van der Waals surface area (Å²) in [6.07, 6.45) is 1.82. The highest BCUT2D eigenvalue weighted by Crippen LogP contribution is 2.48. The van der Waals surface area contributed by atoms with Gasteiger partial charge in [0.25, 0.3) is 0 Å². The standard InChI is InChI=1S/C24H24N2O3/c1-14-10-11-17(13-15(14)2)26-23(28)19-18-9-6-12-25(18)21(20(19)24(26)29)22(27)16-7-4-3-5-8-16/h3-5,7-8,10-11,13,18-21H,6,9,12H2,1-2H3/t18-,19+,20+,21-/m1/s1. The van der Waals surface area contributed by atoms with Gasteiger partial charge in [-0.1, -0.05) is 36.4 Å². The number of hydrogen-bond acceptors (Lipinski definition) is 4. The second kappa shape index (κ2) is 6.63. The number of ketones is 1. The second-order valence-electron chi connectivity index (χ2n) is 8.45. The number of Topliss-reactive ketones (excluding diaryl/α,β-unsaturated/α-hetero) is 1. The molecule has 0 N–H and O–H groups in total. The van der Waals surface area contributed by atoms with E-state index in [0.29, 0.717) is 11.3 Å². The highest BCUT2D eigenvalue weighted by molar-refractivity contribution is 6.24. The minimum atomic E-state index is -0.595. The molecule has 2 amide bonds. The molecule has 5 nitrogen and oxygen atoms in total. The minimum Gasteiger partial charge on any atom is -0.292 e. The molecule has 0 radical (unpaired) electrons. The van der Waals surface area contributed by atoms with E-state index in [1.165, 1.54) is 4.90 Å². The van der Waals surface area contributed by atoms with Crippen LogP contribution in [-0.4, -0.2) is 41.1 Å². The van der Waals surface area contributed by atoms with Crippen molar-refractivity contribution in [3.8, 4) is 0 Å². The van der Waals surface area contributed by atoms with Crippen molar-refractivity contribution in [2.24, 2.45) is 11.8 Å². The highest BCUT2D eigenvalue weighted by Gasteiger charge is 2.64. The summed E-state index contributed by atoms with van der Waals surface area (Å²) in [4.78, 5) is 43.8. The first kappa shape index (κ1) is 18.3. The normalized spacial score (nSPS) is 28.7.